The second-order valence-electron chi connectivity index (χ2n) is 9.19. The van der Waals surface area contributed by atoms with Crippen LogP contribution in [0.4, 0.5) is 0 Å². The normalized spacial score (nSPS) is 11.3. The quantitative estimate of drug-likeness (QED) is 0.189. The molecule has 0 aliphatic carbocycles. The number of nitrogens with one attached hydrogen (secondary N) is 1. The summed E-state index contributed by atoms with van der Waals surface area (Å²) in [6.45, 7) is 6.95. The highest BCUT2D eigenvalue weighted by atomic mass is 16.1. The average Bonchev–Trinajstić information content (AvgIpc) is 3.64. The summed E-state index contributed by atoms with van der Waals surface area (Å²) in [5, 5.41) is 19.3. The fourth-order valence-corrected chi connectivity index (χ4v) is 4.38. The third kappa shape index (κ3) is 5.95. The molecule has 0 saturated carbocycles. The molecule has 4 aromatic rings. The second kappa shape index (κ2) is 12.4. The number of ketones is 1. The maximum absolute atomic E-state index is 12.4. The van der Waals surface area contributed by atoms with Gasteiger partial charge in [0.2, 0.25) is 17.4 Å². The van der Waals surface area contributed by atoms with E-state index in [4.69, 9.17) is 0 Å². The maximum Gasteiger partial charge on any atom is 0.221 e. The number of nitrogens with zero attached hydrogens (tertiary/aromatic N) is 7. The van der Waals surface area contributed by atoms with Crippen LogP contribution in [0.2, 0.25) is 0 Å². The molecule has 9 nitrogen and oxygen atoms in total. The molecule has 0 saturated heterocycles. The first-order valence-corrected chi connectivity index (χ1v) is 13.1. The predicted octanol–water partition coefficient (Wildman–Crippen LogP) is 5.36. The first kappa shape index (κ1) is 25.5. The minimum atomic E-state index is 0.0153. The Labute approximate surface area is 212 Å². The van der Waals surface area contributed by atoms with E-state index < -0.39 is 0 Å². The smallest absolute Gasteiger partial charge is 0.221 e. The van der Waals surface area contributed by atoms with Crippen LogP contribution in [-0.2, 0) is 19.4 Å². The zero-order valence-electron chi connectivity index (χ0n) is 21.6. The van der Waals surface area contributed by atoms with Crippen molar-refractivity contribution in [2.24, 2.45) is 0 Å². The molecule has 4 rings (SSSR count). The minimum Gasteiger partial charge on any atom is -0.311 e. The average molecular weight is 489 g/mol. The SMILES string of the molecule is CCCCCc1ccc(-c2nn[nH]n2)n1-c1ccc(Cn2nc(C(=O)CCC)nc2CCCC)cc1. The first-order valence-electron chi connectivity index (χ1n) is 13.1. The number of benzene rings is 1. The number of hydrogen-bond donors (Lipinski definition) is 1. The van der Waals surface area contributed by atoms with Crippen molar-refractivity contribution in [1.29, 1.82) is 0 Å². The van der Waals surface area contributed by atoms with Crippen LogP contribution in [0.1, 0.15) is 93.4 Å². The number of tetrazole rings is 1. The summed E-state index contributed by atoms with van der Waals surface area (Å²) in [6, 6.07) is 12.7. The van der Waals surface area contributed by atoms with Crippen LogP contribution in [0.15, 0.2) is 36.4 Å². The van der Waals surface area contributed by atoms with Crippen LogP contribution in [0.25, 0.3) is 17.2 Å². The lowest BCUT2D eigenvalue weighted by Crippen LogP contribution is -2.08. The highest BCUT2D eigenvalue weighted by Gasteiger charge is 2.17. The van der Waals surface area contributed by atoms with Gasteiger partial charge in [0.1, 0.15) is 5.82 Å². The lowest BCUT2D eigenvalue weighted by Gasteiger charge is -2.13. The number of carbonyl (C=O) groups excluding carboxylic acids is 1. The summed E-state index contributed by atoms with van der Waals surface area (Å²) in [6.07, 6.45) is 8.69. The molecule has 0 aliphatic rings. The van der Waals surface area contributed by atoms with Crippen LogP contribution in [0.5, 0.6) is 0 Å². The molecule has 0 fully saturated rings. The van der Waals surface area contributed by atoms with Crippen LogP contribution in [0.3, 0.4) is 0 Å². The Hall–Kier alpha value is -3.62. The van der Waals surface area contributed by atoms with Crippen molar-refractivity contribution in [3.8, 4) is 17.2 Å². The van der Waals surface area contributed by atoms with Gasteiger partial charge >= 0.3 is 0 Å². The molecule has 1 N–H and O–H groups in total. The van der Waals surface area contributed by atoms with E-state index in [9.17, 15) is 4.79 Å². The summed E-state index contributed by atoms with van der Waals surface area (Å²) < 4.78 is 4.11. The summed E-state index contributed by atoms with van der Waals surface area (Å²) in [7, 11) is 0. The van der Waals surface area contributed by atoms with E-state index in [0.717, 1.165) is 61.3 Å². The Balaban J connectivity index is 1.60. The third-order valence-corrected chi connectivity index (χ3v) is 6.33. The number of aromatic nitrogens is 8. The number of aromatic amines is 1. The Bertz CT molecular complexity index is 1240. The molecule has 1 aromatic carbocycles. The van der Waals surface area contributed by atoms with Crippen molar-refractivity contribution in [3.05, 3.63) is 59.3 Å². The molecule has 0 amide bonds. The number of rotatable bonds is 14. The van der Waals surface area contributed by atoms with Gasteiger partial charge in [-0.1, -0.05) is 52.2 Å². The zero-order chi connectivity index (χ0) is 25.3. The number of Topliss-reactive ketones (excluding diaryl/α,β-unsaturated/α-hetero) is 1. The van der Waals surface area contributed by atoms with Crippen molar-refractivity contribution in [2.45, 2.75) is 85.1 Å². The van der Waals surface area contributed by atoms with Gasteiger partial charge < -0.3 is 4.57 Å². The van der Waals surface area contributed by atoms with Crippen molar-refractivity contribution in [1.82, 2.24) is 40.0 Å². The molecule has 0 spiro atoms. The van der Waals surface area contributed by atoms with Gasteiger partial charge in [-0.05, 0) is 60.7 Å². The summed E-state index contributed by atoms with van der Waals surface area (Å²) in [5.74, 6) is 1.81. The fourth-order valence-electron chi connectivity index (χ4n) is 4.38. The van der Waals surface area contributed by atoms with Gasteiger partial charge in [-0.2, -0.15) is 5.21 Å². The standard InChI is InChI=1S/C27H36N8O/c1-4-7-9-11-21-17-18-23(26-29-32-33-30-26)35(21)22-15-13-20(14-16-22)19-34-25(12-8-5-2)28-27(31-34)24(36)10-6-3/h13-18H,4-12,19H2,1-3H3,(H,29,30,32,33). The van der Waals surface area contributed by atoms with E-state index >= 15 is 0 Å². The molecule has 0 unspecified atom stereocenters. The Morgan fingerprint density at radius 1 is 0.917 bits per heavy atom. The van der Waals surface area contributed by atoms with E-state index in [1.807, 2.05) is 11.6 Å². The van der Waals surface area contributed by atoms with E-state index in [0.29, 0.717) is 24.6 Å². The van der Waals surface area contributed by atoms with Crippen molar-refractivity contribution < 1.29 is 4.79 Å². The first-order chi connectivity index (χ1) is 17.6. The van der Waals surface area contributed by atoms with Crippen LogP contribution < -0.4 is 0 Å². The Morgan fingerprint density at radius 3 is 2.42 bits per heavy atom. The molecule has 3 heterocycles. The topological polar surface area (TPSA) is 107 Å². The van der Waals surface area contributed by atoms with Crippen molar-refractivity contribution in [3.63, 3.8) is 0 Å². The van der Waals surface area contributed by atoms with Crippen LogP contribution in [0, 0.1) is 0 Å². The van der Waals surface area contributed by atoms with Gasteiger partial charge in [-0.25, -0.2) is 9.67 Å². The van der Waals surface area contributed by atoms with Gasteiger partial charge in [0.25, 0.3) is 0 Å². The highest BCUT2D eigenvalue weighted by Crippen LogP contribution is 2.25. The lowest BCUT2D eigenvalue weighted by molar-refractivity contribution is 0.0971. The Kier molecular flexibility index (Phi) is 8.76. The second-order valence-corrected chi connectivity index (χ2v) is 9.19. The van der Waals surface area contributed by atoms with E-state index in [2.05, 4.69) is 85.5 Å². The van der Waals surface area contributed by atoms with E-state index in [1.165, 1.54) is 18.5 Å². The molecule has 36 heavy (non-hydrogen) atoms. The molecule has 9 heteroatoms. The number of aryl methyl sites for hydroxylation is 2. The van der Waals surface area contributed by atoms with Gasteiger partial charge in [0.15, 0.2) is 0 Å². The van der Waals surface area contributed by atoms with Crippen LogP contribution in [-0.4, -0.2) is 45.7 Å². The molecular weight excluding hydrogens is 452 g/mol. The molecular formula is C27H36N8O. The fraction of sp³-hybridized carbons (Fsp3) is 0.481. The lowest BCUT2D eigenvalue weighted by atomic mass is 10.1. The number of H-pyrrole nitrogens is 1. The zero-order valence-corrected chi connectivity index (χ0v) is 21.6. The monoisotopic (exact) mass is 488 g/mol. The largest absolute Gasteiger partial charge is 0.311 e. The van der Waals surface area contributed by atoms with Crippen molar-refractivity contribution >= 4 is 5.78 Å². The molecule has 190 valence electrons. The predicted molar refractivity (Wildman–Crippen MR) is 139 cm³/mol. The van der Waals surface area contributed by atoms with Crippen LogP contribution >= 0.6 is 0 Å². The molecule has 0 atom stereocenters. The van der Waals surface area contributed by atoms with E-state index in [-0.39, 0.29) is 5.78 Å². The summed E-state index contributed by atoms with van der Waals surface area (Å²) in [4.78, 5) is 17.0. The summed E-state index contributed by atoms with van der Waals surface area (Å²) in [5.41, 5.74) is 4.31. The minimum absolute atomic E-state index is 0.0153. The van der Waals surface area contributed by atoms with Gasteiger partial charge in [0, 0.05) is 24.2 Å². The summed E-state index contributed by atoms with van der Waals surface area (Å²) >= 11 is 0. The Morgan fingerprint density at radius 2 is 1.72 bits per heavy atom. The van der Waals surface area contributed by atoms with Gasteiger partial charge in [-0.15, -0.1) is 15.3 Å². The molecule has 3 aromatic heterocycles. The van der Waals surface area contributed by atoms with E-state index in [1.54, 1.807) is 0 Å². The number of hydrogen-bond acceptors (Lipinski definition) is 6. The van der Waals surface area contributed by atoms with Gasteiger partial charge in [0.05, 0.1) is 12.2 Å². The molecule has 0 radical (unpaired) electrons. The highest BCUT2D eigenvalue weighted by molar-refractivity contribution is 5.92. The number of unbranched alkanes of at least 4 members (excludes halogenated alkanes) is 3. The van der Waals surface area contributed by atoms with Gasteiger partial charge in [-0.3, -0.25) is 4.79 Å². The maximum atomic E-state index is 12.4. The molecule has 0 aliphatic heterocycles. The third-order valence-electron chi connectivity index (χ3n) is 6.33. The molecule has 0 bridgehead atoms. The number of carbonyl (C=O) groups is 1. The van der Waals surface area contributed by atoms with Crippen molar-refractivity contribution in [2.75, 3.05) is 0 Å².